The van der Waals surface area contributed by atoms with Gasteiger partial charge < -0.3 is 5.73 Å². The Morgan fingerprint density at radius 2 is 2.22 bits per heavy atom. The van der Waals surface area contributed by atoms with E-state index < -0.39 is 0 Å². The second kappa shape index (κ2) is 2.51. The van der Waals surface area contributed by atoms with Gasteiger partial charge in [0.15, 0.2) is 0 Å². The molecule has 0 saturated carbocycles. The van der Waals surface area contributed by atoms with Gasteiger partial charge in [0.25, 0.3) is 0 Å². The number of pyridine rings is 1. The molecule has 0 amide bonds. The Morgan fingerprint density at radius 1 is 1.56 bits per heavy atom. The van der Waals surface area contributed by atoms with Crippen LogP contribution in [0.2, 0.25) is 0 Å². The number of nitrogen functional groups attached to an aromatic ring is 1. The van der Waals surface area contributed by atoms with Gasteiger partial charge in [0.2, 0.25) is 0 Å². The van der Waals surface area contributed by atoms with Crippen molar-refractivity contribution in [1.82, 2.24) is 4.98 Å². The lowest BCUT2D eigenvalue weighted by Crippen LogP contribution is -1.92. The van der Waals surface area contributed by atoms with Crippen LogP contribution in [-0.2, 0) is 0 Å². The molecule has 0 unspecified atom stereocenters. The summed E-state index contributed by atoms with van der Waals surface area (Å²) in [6.45, 7) is 3.65. The van der Waals surface area contributed by atoms with Crippen molar-refractivity contribution in [2.75, 3.05) is 5.73 Å². The zero-order valence-electron chi connectivity index (χ0n) is 4.76. The highest BCUT2D eigenvalue weighted by Crippen LogP contribution is 2.10. The van der Waals surface area contributed by atoms with Crippen molar-refractivity contribution in [3.05, 3.63) is 28.5 Å². The van der Waals surface area contributed by atoms with E-state index >= 15 is 0 Å². The van der Waals surface area contributed by atoms with Gasteiger partial charge in [-0.05, 0) is 41.6 Å². The predicted octanol–water partition coefficient (Wildman–Crippen LogP) is 1.45. The van der Waals surface area contributed by atoms with Crippen LogP contribution in [0.15, 0.2) is 12.1 Å². The van der Waals surface area contributed by atoms with Gasteiger partial charge in [-0.3, -0.25) is 0 Å². The van der Waals surface area contributed by atoms with Crippen molar-refractivity contribution < 1.29 is 0 Å². The fraction of sp³-hybridized carbons (Fsp3) is 0. The molecule has 0 fully saturated rings. The summed E-state index contributed by atoms with van der Waals surface area (Å²) in [6, 6.07) is 3.59. The van der Waals surface area contributed by atoms with Crippen LogP contribution in [0.1, 0.15) is 5.69 Å². The molecule has 1 rings (SSSR count). The summed E-state index contributed by atoms with van der Waals surface area (Å²) in [4.78, 5) is 4.02. The number of halogens is 1. The molecule has 1 aromatic rings. The molecule has 0 aromatic carbocycles. The van der Waals surface area contributed by atoms with E-state index in [4.69, 9.17) is 5.73 Å². The molecule has 0 saturated heterocycles. The Balaban J connectivity index is 3.17. The third-order valence-electron chi connectivity index (χ3n) is 0.935. The maximum Gasteiger partial charge on any atom is 0.124 e. The minimum Gasteiger partial charge on any atom is -0.397 e. The third-order valence-corrected chi connectivity index (χ3v) is 1.80. The van der Waals surface area contributed by atoms with Gasteiger partial charge in [-0.15, -0.1) is 0 Å². The van der Waals surface area contributed by atoms with Crippen molar-refractivity contribution in [1.29, 1.82) is 0 Å². The van der Waals surface area contributed by atoms with Crippen LogP contribution >= 0.6 is 22.6 Å². The summed E-state index contributed by atoms with van der Waals surface area (Å²) in [5.74, 6) is 0. The van der Waals surface area contributed by atoms with E-state index in [1.165, 1.54) is 0 Å². The van der Waals surface area contributed by atoms with Crippen molar-refractivity contribution >= 4 is 28.3 Å². The van der Waals surface area contributed by atoms with Crippen LogP contribution in [0.5, 0.6) is 0 Å². The first-order valence-electron chi connectivity index (χ1n) is 2.44. The Hall–Kier alpha value is -0.320. The number of hydrogen-bond donors (Lipinski definition) is 1. The molecule has 9 heavy (non-hydrogen) atoms. The minimum atomic E-state index is 0.711. The highest BCUT2D eigenvalue weighted by molar-refractivity contribution is 14.1. The van der Waals surface area contributed by atoms with Crippen LogP contribution in [0.3, 0.4) is 0 Å². The molecule has 0 spiro atoms. The first-order valence-corrected chi connectivity index (χ1v) is 3.52. The van der Waals surface area contributed by atoms with Gasteiger partial charge in [-0.2, -0.15) is 0 Å². The van der Waals surface area contributed by atoms with Crippen molar-refractivity contribution in [2.24, 2.45) is 0 Å². The average molecular weight is 233 g/mol. The Morgan fingerprint density at radius 3 is 2.67 bits per heavy atom. The van der Waals surface area contributed by atoms with Crippen LogP contribution < -0.4 is 5.73 Å². The van der Waals surface area contributed by atoms with Gasteiger partial charge in [0, 0.05) is 5.69 Å². The van der Waals surface area contributed by atoms with Crippen LogP contribution in [0.4, 0.5) is 5.69 Å². The van der Waals surface area contributed by atoms with Gasteiger partial charge in [-0.25, -0.2) is 4.98 Å². The van der Waals surface area contributed by atoms with E-state index in [1.807, 2.05) is 0 Å². The second-order valence-electron chi connectivity index (χ2n) is 1.68. The lowest BCUT2D eigenvalue weighted by Gasteiger charge is -1.95. The topological polar surface area (TPSA) is 38.9 Å². The van der Waals surface area contributed by atoms with E-state index in [-0.39, 0.29) is 0 Å². The number of aromatic nitrogens is 1. The highest BCUT2D eigenvalue weighted by Gasteiger charge is 1.93. The Kier molecular flexibility index (Phi) is 1.90. The summed E-state index contributed by atoms with van der Waals surface area (Å²) in [7, 11) is 0. The average Bonchev–Trinajstić information content (AvgIpc) is 1.80. The molecule has 2 N–H and O–H groups in total. The maximum atomic E-state index is 5.49. The molecule has 0 aliphatic rings. The molecule has 0 aliphatic heterocycles. The molecule has 47 valence electrons. The number of rotatable bonds is 0. The summed E-state index contributed by atoms with van der Waals surface area (Å²) in [5, 5.41) is 0. The first kappa shape index (κ1) is 6.80. The number of anilines is 1. The molecule has 2 nitrogen and oxygen atoms in total. The first-order chi connectivity index (χ1) is 4.20. The number of hydrogen-bond acceptors (Lipinski definition) is 2. The van der Waals surface area contributed by atoms with Crippen molar-refractivity contribution in [2.45, 2.75) is 0 Å². The number of nitrogens with two attached hydrogens (primary N) is 1. The standard InChI is InChI=1S/C6H6IN2/c1-4-2-3-5(8)6(7)9-4/h2-3H,1,8H2. The lowest BCUT2D eigenvalue weighted by atomic mass is 10.4. The monoisotopic (exact) mass is 233 g/mol. The molecule has 0 atom stereocenters. The van der Waals surface area contributed by atoms with Crippen molar-refractivity contribution in [3.8, 4) is 0 Å². The summed E-state index contributed by atoms with van der Waals surface area (Å²) in [6.07, 6.45) is 0. The van der Waals surface area contributed by atoms with Gasteiger partial charge in [-0.1, -0.05) is 0 Å². The number of nitrogens with zero attached hydrogens (tertiary/aromatic N) is 1. The van der Waals surface area contributed by atoms with Gasteiger partial charge >= 0.3 is 0 Å². The van der Waals surface area contributed by atoms with E-state index in [0.29, 0.717) is 5.69 Å². The summed E-state index contributed by atoms with van der Waals surface area (Å²) >= 11 is 2.07. The molecule has 3 heteroatoms. The summed E-state index contributed by atoms with van der Waals surface area (Å²) < 4.78 is 0.820. The van der Waals surface area contributed by atoms with Crippen molar-refractivity contribution in [3.63, 3.8) is 0 Å². The minimum absolute atomic E-state index is 0.711. The molecule has 1 heterocycles. The Labute approximate surface area is 67.6 Å². The van der Waals surface area contributed by atoms with E-state index in [2.05, 4.69) is 34.5 Å². The van der Waals surface area contributed by atoms with Gasteiger partial charge in [0.05, 0.1) is 5.69 Å². The van der Waals surface area contributed by atoms with Crippen LogP contribution in [-0.4, -0.2) is 4.98 Å². The molecular weight excluding hydrogens is 227 g/mol. The maximum absolute atomic E-state index is 5.49. The van der Waals surface area contributed by atoms with Crippen LogP contribution in [0.25, 0.3) is 0 Å². The van der Waals surface area contributed by atoms with Crippen LogP contribution in [0, 0.1) is 10.6 Å². The fourth-order valence-electron chi connectivity index (χ4n) is 0.483. The van der Waals surface area contributed by atoms with Gasteiger partial charge in [0.1, 0.15) is 3.70 Å². The normalized spacial score (nSPS) is 9.56. The molecule has 1 radical (unpaired) electrons. The second-order valence-corrected chi connectivity index (χ2v) is 2.70. The largest absolute Gasteiger partial charge is 0.397 e. The molecular formula is C6H6IN2. The lowest BCUT2D eigenvalue weighted by molar-refractivity contribution is 1.23. The highest BCUT2D eigenvalue weighted by atomic mass is 127. The third kappa shape index (κ3) is 1.54. The molecule has 1 aromatic heterocycles. The molecule has 0 aliphatic carbocycles. The zero-order chi connectivity index (χ0) is 6.85. The van der Waals surface area contributed by atoms with E-state index in [0.717, 1.165) is 9.39 Å². The van der Waals surface area contributed by atoms with E-state index in [1.54, 1.807) is 12.1 Å². The predicted molar refractivity (Wildman–Crippen MR) is 45.8 cm³/mol. The molecule has 0 bridgehead atoms. The van der Waals surface area contributed by atoms with E-state index in [9.17, 15) is 0 Å². The fourth-order valence-corrected chi connectivity index (χ4v) is 0.972. The SMILES string of the molecule is [CH2]c1ccc(N)c(I)n1. The smallest absolute Gasteiger partial charge is 0.124 e. The quantitative estimate of drug-likeness (QED) is 0.544. The Bertz CT molecular complexity index is 222. The summed E-state index contributed by atoms with van der Waals surface area (Å²) in [5.41, 5.74) is 6.96. The zero-order valence-corrected chi connectivity index (χ0v) is 6.92.